The highest BCUT2D eigenvalue weighted by Gasteiger charge is 2.27. The Hall–Kier alpha value is -2.90. The molecule has 0 aliphatic carbocycles. The highest BCUT2D eigenvalue weighted by atomic mass is 16.4. The van der Waals surface area contributed by atoms with Gasteiger partial charge >= 0.3 is 5.97 Å². The normalized spacial score (nSPS) is 14.4. The minimum absolute atomic E-state index is 0.109. The van der Waals surface area contributed by atoms with Crippen LogP contribution in [0.15, 0.2) is 24.3 Å². The first-order valence-electron chi connectivity index (χ1n) is 8.49. The summed E-state index contributed by atoms with van der Waals surface area (Å²) in [5.74, 6) is -2.15. The first kappa shape index (κ1) is 19.4. The van der Waals surface area contributed by atoms with Crippen molar-refractivity contribution in [2.24, 2.45) is 5.92 Å². The Morgan fingerprint density at radius 1 is 1.23 bits per heavy atom. The number of benzene rings is 1. The molecule has 2 rings (SSSR count). The minimum Gasteiger partial charge on any atom is -0.480 e. The number of rotatable bonds is 7. The smallest absolute Gasteiger partial charge is 0.326 e. The standard InChI is InChI=1S/C18H23N3O5/c1-11(2)9-13(18(25)26)20-15(22)7-8-17(24)21-10-16(23)19-12-5-3-4-6-14(12)21/h3-6,11,13H,7-10H2,1-2H3,(H,19,23)(H,20,22)(H,25,26)/t13-/m0/s1. The number of carbonyl (C=O) groups excluding carboxylic acids is 3. The van der Waals surface area contributed by atoms with Crippen molar-refractivity contribution in [3.63, 3.8) is 0 Å². The number of carbonyl (C=O) groups is 4. The maximum Gasteiger partial charge on any atom is 0.326 e. The van der Waals surface area contributed by atoms with Crippen LogP contribution in [-0.2, 0) is 19.2 Å². The zero-order chi connectivity index (χ0) is 19.3. The summed E-state index contributed by atoms with van der Waals surface area (Å²) in [5, 5.41) is 14.3. The van der Waals surface area contributed by atoms with Gasteiger partial charge in [0.15, 0.2) is 0 Å². The van der Waals surface area contributed by atoms with Crippen LogP contribution in [0.3, 0.4) is 0 Å². The number of aliphatic carboxylic acids is 1. The van der Waals surface area contributed by atoms with Gasteiger partial charge in [0.1, 0.15) is 12.6 Å². The first-order valence-corrected chi connectivity index (χ1v) is 8.49. The van der Waals surface area contributed by atoms with Gasteiger partial charge in [-0.3, -0.25) is 14.4 Å². The number of fused-ring (bicyclic) bond motifs is 1. The Kier molecular flexibility index (Phi) is 6.32. The molecule has 8 nitrogen and oxygen atoms in total. The summed E-state index contributed by atoms with van der Waals surface area (Å²) >= 11 is 0. The molecular formula is C18H23N3O5. The lowest BCUT2D eigenvalue weighted by Gasteiger charge is -2.29. The van der Waals surface area contributed by atoms with Crippen LogP contribution in [0.1, 0.15) is 33.1 Å². The summed E-state index contributed by atoms with van der Waals surface area (Å²) in [7, 11) is 0. The SMILES string of the molecule is CC(C)C[C@H](NC(=O)CCC(=O)N1CC(=O)Nc2ccccc21)C(=O)O. The van der Waals surface area contributed by atoms with Gasteiger partial charge in [0.2, 0.25) is 17.7 Å². The van der Waals surface area contributed by atoms with Gasteiger partial charge in [0.25, 0.3) is 0 Å². The molecule has 3 N–H and O–H groups in total. The molecule has 26 heavy (non-hydrogen) atoms. The summed E-state index contributed by atoms with van der Waals surface area (Å²) in [4.78, 5) is 48.8. The van der Waals surface area contributed by atoms with E-state index in [4.69, 9.17) is 5.11 Å². The monoisotopic (exact) mass is 361 g/mol. The predicted molar refractivity (Wildman–Crippen MR) is 95.7 cm³/mol. The lowest BCUT2D eigenvalue weighted by atomic mass is 10.0. The number of hydrogen-bond acceptors (Lipinski definition) is 4. The molecule has 1 aliphatic heterocycles. The number of carboxylic acid groups (broad SMARTS) is 1. The van der Waals surface area contributed by atoms with E-state index in [1.54, 1.807) is 24.3 Å². The fraction of sp³-hybridized carbons (Fsp3) is 0.444. The second-order valence-electron chi connectivity index (χ2n) is 6.63. The molecule has 0 saturated heterocycles. The first-order chi connectivity index (χ1) is 12.3. The van der Waals surface area contributed by atoms with Crippen molar-refractivity contribution in [3.8, 4) is 0 Å². The van der Waals surface area contributed by atoms with Crippen LogP contribution in [0.5, 0.6) is 0 Å². The van der Waals surface area contributed by atoms with Gasteiger partial charge in [-0.15, -0.1) is 0 Å². The van der Waals surface area contributed by atoms with Crippen molar-refractivity contribution in [3.05, 3.63) is 24.3 Å². The molecule has 140 valence electrons. The Morgan fingerprint density at radius 3 is 2.58 bits per heavy atom. The van der Waals surface area contributed by atoms with Crippen molar-refractivity contribution in [2.45, 2.75) is 39.2 Å². The maximum absolute atomic E-state index is 12.5. The van der Waals surface area contributed by atoms with Crippen LogP contribution in [-0.4, -0.2) is 41.4 Å². The van der Waals surface area contributed by atoms with Gasteiger partial charge in [-0.25, -0.2) is 4.79 Å². The number of nitrogens with one attached hydrogen (secondary N) is 2. The van der Waals surface area contributed by atoms with E-state index in [0.29, 0.717) is 17.8 Å². The lowest BCUT2D eigenvalue weighted by molar-refractivity contribution is -0.142. The quantitative estimate of drug-likeness (QED) is 0.678. The third-order valence-corrected chi connectivity index (χ3v) is 3.98. The molecule has 1 heterocycles. The van der Waals surface area contributed by atoms with Crippen molar-refractivity contribution >= 4 is 35.1 Å². The number of amides is 3. The molecule has 3 amide bonds. The average Bonchev–Trinajstić information content (AvgIpc) is 2.57. The van der Waals surface area contributed by atoms with E-state index < -0.39 is 17.9 Å². The van der Waals surface area contributed by atoms with E-state index in [0.717, 1.165) is 0 Å². The molecule has 1 aromatic rings. The summed E-state index contributed by atoms with van der Waals surface area (Å²) < 4.78 is 0. The van der Waals surface area contributed by atoms with E-state index in [1.165, 1.54) is 4.90 Å². The summed E-state index contributed by atoms with van der Waals surface area (Å²) in [6.45, 7) is 3.62. The number of para-hydroxylation sites is 2. The van der Waals surface area contributed by atoms with Crippen molar-refractivity contribution in [1.29, 1.82) is 0 Å². The van der Waals surface area contributed by atoms with Gasteiger partial charge in [0.05, 0.1) is 11.4 Å². The van der Waals surface area contributed by atoms with Crippen LogP contribution in [0.4, 0.5) is 11.4 Å². The number of anilines is 2. The maximum atomic E-state index is 12.5. The van der Waals surface area contributed by atoms with Crippen molar-refractivity contribution < 1.29 is 24.3 Å². The molecule has 0 spiro atoms. The molecule has 0 radical (unpaired) electrons. The van der Waals surface area contributed by atoms with Gasteiger partial charge in [-0.2, -0.15) is 0 Å². The van der Waals surface area contributed by atoms with Crippen LogP contribution in [0.2, 0.25) is 0 Å². The average molecular weight is 361 g/mol. The molecule has 1 aliphatic rings. The zero-order valence-electron chi connectivity index (χ0n) is 14.8. The molecule has 1 atom stereocenters. The Balaban J connectivity index is 1.95. The Morgan fingerprint density at radius 2 is 1.92 bits per heavy atom. The zero-order valence-corrected chi connectivity index (χ0v) is 14.8. The number of nitrogens with zero attached hydrogens (tertiary/aromatic N) is 1. The fourth-order valence-corrected chi connectivity index (χ4v) is 2.77. The van der Waals surface area contributed by atoms with Crippen molar-refractivity contribution in [2.75, 3.05) is 16.8 Å². The Labute approximate surface area is 151 Å². The molecule has 0 unspecified atom stereocenters. The van der Waals surface area contributed by atoms with Crippen LogP contribution < -0.4 is 15.5 Å². The fourth-order valence-electron chi connectivity index (χ4n) is 2.77. The Bertz CT molecular complexity index is 717. The van der Waals surface area contributed by atoms with E-state index in [1.807, 2.05) is 13.8 Å². The van der Waals surface area contributed by atoms with E-state index in [2.05, 4.69) is 10.6 Å². The minimum atomic E-state index is -1.10. The third kappa shape index (κ3) is 5.05. The molecule has 0 saturated carbocycles. The summed E-state index contributed by atoms with van der Waals surface area (Å²) in [5.41, 5.74) is 1.13. The summed E-state index contributed by atoms with van der Waals surface area (Å²) in [6.07, 6.45) is 0.0666. The molecular weight excluding hydrogens is 338 g/mol. The van der Waals surface area contributed by atoms with E-state index in [9.17, 15) is 19.2 Å². The van der Waals surface area contributed by atoms with Gasteiger partial charge < -0.3 is 20.6 Å². The lowest BCUT2D eigenvalue weighted by Crippen LogP contribution is -2.44. The molecule has 8 heteroatoms. The van der Waals surface area contributed by atoms with Crippen LogP contribution in [0, 0.1) is 5.92 Å². The number of hydrogen-bond donors (Lipinski definition) is 3. The van der Waals surface area contributed by atoms with Gasteiger partial charge in [0, 0.05) is 12.8 Å². The van der Waals surface area contributed by atoms with Gasteiger partial charge in [-0.05, 0) is 24.5 Å². The highest BCUT2D eigenvalue weighted by Crippen LogP contribution is 2.29. The summed E-state index contributed by atoms with van der Waals surface area (Å²) in [6, 6.07) is 5.95. The van der Waals surface area contributed by atoms with Crippen LogP contribution >= 0.6 is 0 Å². The third-order valence-electron chi connectivity index (χ3n) is 3.98. The molecule has 0 aromatic heterocycles. The van der Waals surface area contributed by atoms with E-state index >= 15 is 0 Å². The topological polar surface area (TPSA) is 116 Å². The molecule has 0 fully saturated rings. The van der Waals surface area contributed by atoms with Crippen LogP contribution in [0.25, 0.3) is 0 Å². The predicted octanol–water partition coefficient (Wildman–Crippen LogP) is 1.37. The van der Waals surface area contributed by atoms with E-state index in [-0.39, 0.29) is 37.1 Å². The second kappa shape index (κ2) is 8.46. The van der Waals surface area contributed by atoms with Gasteiger partial charge in [-0.1, -0.05) is 26.0 Å². The highest BCUT2D eigenvalue weighted by molar-refractivity contribution is 6.10. The second-order valence-corrected chi connectivity index (χ2v) is 6.63. The largest absolute Gasteiger partial charge is 0.480 e. The number of carboxylic acids is 1. The molecule has 1 aromatic carbocycles. The molecule has 0 bridgehead atoms. The van der Waals surface area contributed by atoms with Crippen molar-refractivity contribution in [1.82, 2.24) is 5.32 Å².